The number of nitrogens with zero attached hydrogens (tertiary/aromatic N) is 1. The second-order valence-corrected chi connectivity index (χ2v) is 8.13. The van der Waals surface area contributed by atoms with Crippen LogP contribution < -0.4 is 9.47 Å². The fraction of sp³-hybridized carbons (Fsp3) is 0.269. The SMILES string of the molecule is CCOC(=O)Cc1ccc(-n2cc3c(OC(C)C)c4ccccc4c(OC(F)F)c3c2O)c(F)c1. The summed E-state index contributed by atoms with van der Waals surface area (Å²) >= 11 is 0. The molecule has 1 aromatic heterocycles. The molecular formula is C26H24F3NO5. The maximum atomic E-state index is 15.1. The first-order valence-corrected chi connectivity index (χ1v) is 11.1. The van der Waals surface area contributed by atoms with Gasteiger partial charge in [-0.15, -0.1) is 0 Å². The molecule has 1 heterocycles. The van der Waals surface area contributed by atoms with Crippen LogP contribution in [0.15, 0.2) is 48.7 Å². The summed E-state index contributed by atoms with van der Waals surface area (Å²) in [6.07, 6.45) is 1.03. The number of aromatic nitrogens is 1. The number of ether oxygens (including phenoxy) is 3. The molecule has 4 aromatic rings. The van der Waals surface area contributed by atoms with Gasteiger partial charge < -0.3 is 19.3 Å². The van der Waals surface area contributed by atoms with Crippen molar-refractivity contribution in [3.8, 4) is 23.1 Å². The van der Waals surface area contributed by atoms with Crippen molar-refractivity contribution in [2.75, 3.05) is 6.61 Å². The highest BCUT2D eigenvalue weighted by Crippen LogP contribution is 2.48. The summed E-state index contributed by atoms with van der Waals surface area (Å²) in [6.45, 7) is 2.35. The van der Waals surface area contributed by atoms with Crippen LogP contribution in [-0.4, -0.2) is 35.0 Å². The lowest BCUT2D eigenvalue weighted by atomic mass is 10.0. The lowest BCUT2D eigenvalue weighted by molar-refractivity contribution is -0.142. The largest absolute Gasteiger partial charge is 0.494 e. The molecule has 0 bridgehead atoms. The second kappa shape index (κ2) is 9.77. The molecule has 6 nitrogen and oxygen atoms in total. The van der Waals surface area contributed by atoms with E-state index in [0.29, 0.717) is 22.1 Å². The minimum atomic E-state index is -3.15. The maximum Gasteiger partial charge on any atom is 0.387 e. The monoisotopic (exact) mass is 487 g/mol. The van der Waals surface area contributed by atoms with Crippen molar-refractivity contribution in [1.82, 2.24) is 4.57 Å². The summed E-state index contributed by atoms with van der Waals surface area (Å²) in [5.41, 5.74) is 0.339. The van der Waals surface area contributed by atoms with Crippen molar-refractivity contribution in [2.45, 2.75) is 39.9 Å². The Bertz CT molecular complexity index is 1400. The highest BCUT2D eigenvalue weighted by atomic mass is 19.3. The van der Waals surface area contributed by atoms with Crippen molar-refractivity contribution >= 4 is 27.5 Å². The third-order valence-corrected chi connectivity index (χ3v) is 5.35. The number of carbonyl (C=O) groups is 1. The maximum absolute atomic E-state index is 15.1. The second-order valence-electron chi connectivity index (χ2n) is 8.13. The minimum absolute atomic E-state index is 0.0327. The van der Waals surface area contributed by atoms with Gasteiger partial charge in [-0.2, -0.15) is 8.78 Å². The Morgan fingerprint density at radius 1 is 1.03 bits per heavy atom. The van der Waals surface area contributed by atoms with E-state index in [0.717, 1.165) is 10.6 Å². The van der Waals surface area contributed by atoms with E-state index in [4.69, 9.17) is 14.2 Å². The molecular weight excluding hydrogens is 463 g/mol. The van der Waals surface area contributed by atoms with Gasteiger partial charge in [0.05, 0.1) is 35.6 Å². The van der Waals surface area contributed by atoms with Gasteiger partial charge in [0.25, 0.3) is 0 Å². The van der Waals surface area contributed by atoms with Gasteiger partial charge in [0, 0.05) is 17.0 Å². The predicted octanol–water partition coefficient (Wildman–Crippen LogP) is 6.12. The number of aromatic hydroxyl groups is 1. The molecule has 0 unspecified atom stereocenters. The van der Waals surface area contributed by atoms with E-state index in [1.165, 1.54) is 18.3 Å². The highest BCUT2D eigenvalue weighted by molar-refractivity contribution is 6.13. The molecule has 0 saturated carbocycles. The number of fused-ring (bicyclic) bond motifs is 2. The molecule has 35 heavy (non-hydrogen) atoms. The molecule has 0 aliphatic carbocycles. The normalized spacial score (nSPS) is 11.5. The zero-order valence-electron chi connectivity index (χ0n) is 19.3. The first-order chi connectivity index (χ1) is 16.7. The zero-order chi connectivity index (χ0) is 25.3. The van der Waals surface area contributed by atoms with Crippen molar-refractivity contribution in [3.63, 3.8) is 0 Å². The Morgan fingerprint density at radius 3 is 2.31 bits per heavy atom. The molecule has 1 N–H and O–H groups in total. The smallest absolute Gasteiger partial charge is 0.387 e. The van der Waals surface area contributed by atoms with Crippen molar-refractivity contribution in [1.29, 1.82) is 0 Å². The molecule has 0 spiro atoms. The summed E-state index contributed by atoms with van der Waals surface area (Å²) in [5, 5.41) is 12.2. The van der Waals surface area contributed by atoms with Gasteiger partial charge in [-0.25, -0.2) is 4.39 Å². The summed E-state index contributed by atoms with van der Waals surface area (Å²) < 4.78 is 58.7. The standard InChI is InChI=1S/C26H24F3NO5/c1-4-33-21(31)12-15-9-10-20(19(27)11-15)30-13-18-22(25(30)32)24(35-26(28)29)17-8-6-5-7-16(17)23(18)34-14(2)3/h5-11,13-14,26,32H,4,12H2,1-3H3. The number of benzene rings is 3. The molecule has 0 atom stereocenters. The van der Waals surface area contributed by atoms with Crippen molar-refractivity contribution in [2.24, 2.45) is 0 Å². The van der Waals surface area contributed by atoms with Crippen LogP contribution in [0.3, 0.4) is 0 Å². The van der Waals surface area contributed by atoms with E-state index >= 15 is 4.39 Å². The molecule has 0 amide bonds. The van der Waals surface area contributed by atoms with E-state index < -0.39 is 24.3 Å². The lowest BCUT2D eigenvalue weighted by Crippen LogP contribution is -2.08. The summed E-state index contributed by atoms with van der Waals surface area (Å²) in [6, 6.07) is 10.7. The zero-order valence-corrected chi connectivity index (χ0v) is 19.3. The summed E-state index contributed by atoms with van der Waals surface area (Å²) in [7, 11) is 0. The number of esters is 1. The minimum Gasteiger partial charge on any atom is -0.494 e. The number of alkyl halides is 2. The molecule has 0 saturated heterocycles. The van der Waals surface area contributed by atoms with Gasteiger partial charge in [0.2, 0.25) is 5.88 Å². The highest BCUT2D eigenvalue weighted by Gasteiger charge is 2.26. The van der Waals surface area contributed by atoms with Crippen LogP contribution in [0.25, 0.3) is 27.2 Å². The average molecular weight is 487 g/mol. The Labute approximate surface area is 199 Å². The van der Waals surface area contributed by atoms with Crippen LogP contribution in [-0.2, 0) is 16.0 Å². The predicted molar refractivity (Wildman–Crippen MR) is 125 cm³/mol. The number of carbonyl (C=O) groups excluding carboxylic acids is 1. The number of hydrogen-bond donors (Lipinski definition) is 1. The van der Waals surface area contributed by atoms with E-state index in [1.54, 1.807) is 31.2 Å². The molecule has 3 aromatic carbocycles. The summed E-state index contributed by atoms with van der Waals surface area (Å²) in [5.74, 6) is -1.61. The molecule has 0 aliphatic heterocycles. The fourth-order valence-corrected chi connectivity index (χ4v) is 4.04. The van der Waals surface area contributed by atoms with Gasteiger partial charge in [-0.05, 0) is 38.5 Å². The van der Waals surface area contributed by atoms with Crippen molar-refractivity contribution < 1.29 is 37.3 Å². The Hall–Kier alpha value is -3.88. The van der Waals surface area contributed by atoms with Crippen LogP contribution in [0.4, 0.5) is 13.2 Å². The molecule has 0 fully saturated rings. The Balaban J connectivity index is 1.95. The van der Waals surface area contributed by atoms with E-state index in [9.17, 15) is 18.7 Å². The van der Waals surface area contributed by atoms with Gasteiger partial charge in [-0.3, -0.25) is 9.36 Å². The van der Waals surface area contributed by atoms with Crippen LogP contribution in [0.1, 0.15) is 26.3 Å². The van der Waals surface area contributed by atoms with Crippen LogP contribution >= 0.6 is 0 Å². The molecule has 184 valence electrons. The van der Waals surface area contributed by atoms with Crippen LogP contribution in [0.2, 0.25) is 0 Å². The third-order valence-electron chi connectivity index (χ3n) is 5.35. The van der Waals surface area contributed by atoms with E-state index in [1.807, 2.05) is 13.8 Å². The molecule has 0 aliphatic rings. The topological polar surface area (TPSA) is 69.9 Å². The van der Waals surface area contributed by atoms with Gasteiger partial charge >= 0.3 is 12.6 Å². The number of halogens is 3. The van der Waals surface area contributed by atoms with Gasteiger partial charge in [0.15, 0.2) is 0 Å². The van der Waals surface area contributed by atoms with E-state index in [-0.39, 0.29) is 41.3 Å². The number of rotatable bonds is 8. The molecule has 0 radical (unpaired) electrons. The Kier molecular flexibility index (Phi) is 6.77. The first kappa shape index (κ1) is 24.3. The van der Waals surface area contributed by atoms with E-state index in [2.05, 4.69) is 0 Å². The molecule has 4 rings (SSSR count). The quantitative estimate of drug-likeness (QED) is 0.303. The lowest BCUT2D eigenvalue weighted by Gasteiger charge is -2.17. The van der Waals surface area contributed by atoms with Crippen LogP contribution in [0.5, 0.6) is 17.4 Å². The van der Waals surface area contributed by atoms with Gasteiger partial charge in [-0.1, -0.05) is 30.3 Å². The van der Waals surface area contributed by atoms with Crippen molar-refractivity contribution in [3.05, 3.63) is 60.0 Å². The third kappa shape index (κ3) is 4.71. The number of hydrogen-bond acceptors (Lipinski definition) is 5. The average Bonchev–Trinajstić information content (AvgIpc) is 3.12. The molecule has 9 heteroatoms. The van der Waals surface area contributed by atoms with Crippen LogP contribution in [0, 0.1) is 5.82 Å². The Morgan fingerprint density at radius 2 is 1.71 bits per heavy atom. The fourth-order valence-electron chi connectivity index (χ4n) is 4.04. The first-order valence-electron chi connectivity index (χ1n) is 11.1. The summed E-state index contributed by atoms with van der Waals surface area (Å²) in [4.78, 5) is 11.7. The van der Waals surface area contributed by atoms with Gasteiger partial charge in [0.1, 0.15) is 17.3 Å².